The number of hydrogen-bond acceptors (Lipinski definition) is 3. The van der Waals surface area contributed by atoms with Gasteiger partial charge in [0.25, 0.3) is 0 Å². The standard InChI is InChI=1S/C16H11ClN4/c17-12-4-1-5-14-15(12)20-16(18)21(14)11-6-7-13-10(9-11)3-2-8-19-13/h1-9H,(H2,18,20). The van der Waals surface area contributed by atoms with Gasteiger partial charge in [0.05, 0.1) is 16.1 Å². The number of imidazole rings is 1. The van der Waals surface area contributed by atoms with E-state index in [0.717, 1.165) is 22.1 Å². The van der Waals surface area contributed by atoms with Gasteiger partial charge in [0, 0.05) is 17.3 Å². The van der Waals surface area contributed by atoms with Crippen LogP contribution in [0.25, 0.3) is 27.6 Å². The summed E-state index contributed by atoms with van der Waals surface area (Å²) in [5.74, 6) is 0.418. The number of nitrogen functional groups attached to an aromatic ring is 1. The van der Waals surface area contributed by atoms with Crippen LogP contribution in [-0.2, 0) is 0 Å². The Morgan fingerprint density at radius 2 is 1.95 bits per heavy atom. The van der Waals surface area contributed by atoms with Gasteiger partial charge < -0.3 is 5.73 Å². The second-order valence-electron chi connectivity index (χ2n) is 4.79. The summed E-state index contributed by atoms with van der Waals surface area (Å²) in [6, 6.07) is 15.6. The summed E-state index contributed by atoms with van der Waals surface area (Å²) < 4.78 is 1.90. The Labute approximate surface area is 125 Å². The van der Waals surface area contributed by atoms with Gasteiger partial charge in [-0.1, -0.05) is 23.7 Å². The summed E-state index contributed by atoms with van der Waals surface area (Å²) in [5.41, 5.74) is 9.57. The molecule has 2 N–H and O–H groups in total. The third-order valence-electron chi connectivity index (χ3n) is 3.51. The van der Waals surface area contributed by atoms with Gasteiger partial charge in [0.15, 0.2) is 0 Å². The van der Waals surface area contributed by atoms with Gasteiger partial charge in [-0.2, -0.15) is 0 Å². The first kappa shape index (κ1) is 12.2. The molecule has 0 fully saturated rings. The Morgan fingerprint density at radius 3 is 2.86 bits per heavy atom. The van der Waals surface area contributed by atoms with E-state index in [9.17, 15) is 0 Å². The SMILES string of the molecule is Nc1nc2c(Cl)cccc2n1-c1ccc2ncccc2c1. The van der Waals surface area contributed by atoms with E-state index in [1.165, 1.54) is 0 Å². The summed E-state index contributed by atoms with van der Waals surface area (Å²) in [5, 5.41) is 1.65. The van der Waals surface area contributed by atoms with Gasteiger partial charge in [-0.15, -0.1) is 0 Å². The highest BCUT2D eigenvalue weighted by Gasteiger charge is 2.12. The molecule has 0 saturated carbocycles. The number of hydrogen-bond donors (Lipinski definition) is 1. The van der Waals surface area contributed by atoms with Crippen molar-refractivity contribution >= 4 is 39.5 Å². The number of nitrogens with two attached hydrogens (primary N) is 1. The molecule has 4 rings (SSSR count). The molecule has 5 heteroatoms. The predicted octanol–water partition coefficient (Wildman–Crippen LogP) is 3.81. The highest BCUT2D eigenvalue weighted by Crippen LogP contribution is 2.29. The first-order chi connectivity index (χ1) is 10.2. The van der Waals surface area contributed by atoms with Gasteiger partial charge in [0.2, 0.25) is 5.95 Å². The summed E-state index contributed by atoms with van der Waals surface area (Å²) in [4.78, 5) is 8.69. The number of pyridine rings is 1. The van der Waals surface area contributed by atoms with Crippen molar-refractivity contribution in [2.24, 2.45) is 0 Å². The molecule has 0 spiro atoms. The number of rotatable bonds is 1. The molecule has 4 aromatic rings. The minimum Gasteiger partial charge on any atom is -0.369 e. The number of anilines is 1. The molecular weight excluding hydrogens is 284 g/mol. The molecule has 2 aromatic heterocycles. The molecule has 0 aliphatic heterocycles. The summed E-state index contributed by atoms with van der Waals surface area (Å²) in [6.45, 7) is 0. The molecule has 0 unspecified atom stereocenters. The summed E-state index contributed by atoms with van der Waals surface area (Å²) in [6.07, 6.45) is 1.78. The lowest BCUT2D eigenvalue weighted by Gasteiger charge is -2.07. The average Bonchev–Trinajstić information content (AvgIpc) is 2.84. The molecular formula is C16H11ClN4. The maximum Gasteiger partial charge on any atom is 0.205 e. The van der Waals surface area contributed by atoms with Crippen LogP contribution in [0.4, 0.5) is 5.95 Å². The van der Waals surface area contributed by atoms with E-state index < -0.39 is 0 Å². The molecule has 0 amide bonds. The minimum absolute atomic E-state index is 0.418. The van der Waals surface area contributed by atoms with E-state index in [0.29, 0.717) is 16.5 Å². The fourth-order valence-corrected chi connectivity index (χ4v) is 2.77. The molecule has 4 nitrogen and oxygen atoms in total. The van der Waals surface area contributed by atoms with Crippen molar-refractivity contribution in [3.05, 3.63) is 59.8 Å². The van der Waals surface area contributed by atoms with E-state index in [-0.39, 0.29) is 0 Å². The molecule has 0 atom stereocenters. The number of fused-ring (bicyclic) bond motifs is 2. The number of benzene rings is 2. The fraction of sp³-hybridized carbons (Fsp3) is 0. The van der Waals surface area contributed by atoms with E-state index >= 15 is 0 Å². The Hall–Kier alpha value is -2.59. The predicted molar refractivity (Wildman–Crippen MR) is 85.8 cm³/mol. The lowest BCUT2D eigenvalue weighted by atomic mass is 10.2. The number of aromatic nitrogens is 3. The van der Waals surface area contributed by atoms with Crippen LogP contribution in [0.15, 0.2) is 54.7 Å². The normalized spacial score (nSPS) is 11.3. The largest absolute Gasteiger partial charge is 0.369 e. The van der Waals surface area contributed by atoms with Crippen molar-refractivity contribution in [1.29, 1.82) is 0 Å². The van der Waals surface area contributed by atoms with Gasteiger partial charge in [0.1, 0.15) is 5.52 Å². The molecule has 0 saturated heterocycles. The van der Waals surface area contributed by atoms with E-state index in [1.807, 2.05) is 53.1 Å². The van der Waals surface area contributed by atoms with Gasteiger partial charge >= 0.3 is 0 Å². The van der Waals surface area contributed by atoms with Crippen LogP contribution in [-0.4, -0.2) is 14.5 Å². The van der Waals surface area contributed by atoms with Crippen LogP contribution in [0, 0.1) is 0 Å². The summed E-state index contributed by atoms with van der Waals surface area (Å²) in [7, 11) is 0. The van der Waals surface area contributed by atoms with Gasteiger partial charge in [-0.05, 0) is 36.4 Å². The van der Waals surface area contributed by atoms with Crippen LogP contribution in [0.5, 0.6) is 0 Å². The maximum absolute atomic E-state index is 6.18. The number of nitrogens with zero attached hydrogens (tertiary/aromatic N) is 3. The monoisotopic (exact) mass is 294 g/mol. The molecule has 2 aromatic carbocycles. The first-order valence-corrected chi connectivity index (χ1v) is 6.89. The Morgan fingerprint density at radius 1 is 1.05 bits per heavy atom. The zero-order chi connectivity index (χ0) is 14.4. The number of halogens is 1. The molecule has 102 valence electrons. The Balaban J connectivity index is 2.04. The van der Waals surface area contributed by atoms with E-state index in [2.05, 4.69) is 9.97 Å². The maximum atomic E-state index is 6.18. The van der Waals surface area contributed by atoms with Crippen molar-refractivity contribution in [3.8, 4) is 5.69 Å². The number of para-hydroxylation sites is 1. The topological polar surface area (TPSA) is 56.7 Å². The van der Waals surface area contributed by atoms with Crippen LogP contribution in [0.2, 0.25) is 5.02 Å². The second-order valence-corrected chi connectivity index (χ2v) is 5.20. The lowest BCUT2D eigenvalue weighted by molar-refractivity contribution is 1.11. The highest BCUT2D eigenvalue weighted by molar-refractivity contribution is 6.35. The molecule has 0 radical (unpaired) electrons. The highest BCUT2D eigenvalue weighted by atomic mass is 35.5. The van der Waals surface area contributed by atoms with Crippen LogP contribution in [0.3, 0.4) is 0 Å². The van der Waals surface area contributed by atoms with Crippen molar-refractivity contribution in [2.75, 3.05) is 5.73 Å². The molecule has 2 heterocycles. The zero-order valence-electron chi connectivity index (χ0n) is 11.0. The van der Waals surface area contributed by atoms with Crippen LogP contribution in [0.1, 0.15) is 0 Å². The van der Waals surface area contributed by atoms with Crippen LogP contribution >= 0.6 is 11.6 Å². The molecule has 0 aliphatic rings. The second kappa shape index (κ2) is 4.46. The van der Waals surface area contributed by atoms with Crippen LogP contribution < -0.4 is 5.73 Å². The molecule has 0 bridgehead atoms. The fourth-order valence-electron chi connectivity index (χ4n) is 2.56. The third-order valence-corrected chi connectivity index (χ3v) is 3.81. The zero-order valence-corrected chi connectivity index (χ0v) is 11.7. The molecule has 21 heavy (non-hydrogen) atoms. The first-order valence-electron chi connectivity index (χ1n) is 6.51. The van der Waals surface area contributed by atoms with E-state index in [1.54, 1.807) is 6.20 Å². The minimum atomic E-state index is 0.418. The van der Waals surface area contributed by atoms with Gasteiger partial charge in [-0.25, -0.2) is 4.98 Å². The van der Waals surface area contributed by atoms with Crippen molar-refractivity contribution in [1.82, 2.24) is 14.5 Å². The average molecular weight is 295 g/mol. The van der Waals surface area contributed by atoms with E-state index in [4.69, 9.17) is 17.3 Å². The third kappa shape index (κ3) is 1.84. The smallest absolute Gasteiger partial charge is 0.205 e. The molecule has 0 aliphatic carbocycles. The van der Waals surface area contributed by atoms with Crippen molar-refractivity contribution in [3.63, 3.8) is 0 Å². The lowest BCUT2D eigenvalue weighted by Crippen LogP contribution is -2.00. The Kier molecular flexibility index (Phi) is 2.59. The van der Waals surface area contributed by atoms with Crippen molar-refractivity contribution < 1.29 is 0 Å². The van der Waals surface area contributed by atoms with Gasteiger partial charge in [-0.3, -0.25) is 9.55 Å². The Bertz CT molecular complexity index is 975. The summed E-state index contributed by atoms with van der Waals surface area (Å²) >= 11 is 6.18. The quantitative estimate of drug-likeness (QED) is 0.581. The van der Waals surface area contributed by atoms with Crippen molar-refractivity contribution in [2.45, 2.75) is 0 Å².